The van der Waals surface area contributed by atoms with Gasteiger partial charge in [-0.2, -0.15) is 0 Å². The molecule has 4 rings (SSSR count). The van der Waals surface area contributed by atoms with E-state index in [-0.39, 0.29) is 0 Å². The van der Waals surface area contributed by atoms with E-state index in [0.717, 1.165) is 33.7 Å². The van der Waals surface area contributed by atoms with Crippen molar-refractivity contribution in [2.75, 3.05) is 17.7 Å². The number of rotatable bonds is 5. The first-order chi connectivity index (χ1) is 13.1. The van der Waals surface area contributed by atoms with E-state index in [1.807, 2.05) is 62.4 Å². The third-order valence-electron chi connectivity index (χ3n) is 4.23. The Morgan fingerprint density at radius 2 is 1.96 bits per heavy atom. The van der Waals surface area contributed by atoms with Crippen LogP contribution in [0.15, 0.2) is 59.3 Å². The molecule has 27 heavy (non-hydrogen) atoms. The molecule has 2 aromatic heterocycles. The lowest BCUT2D eigenvalue weighted by atomic mass is 10.1. The highest BCUT2D eigenvalue weighted by molar-refractivity contribution is 5.93. The van der Waals surface area contributed by atoms with Crippen LogP contribution in [0.1, 0.15) is 12.7 Å². The van der Waals surface area contributed by atoms with Gasteiger partial charge in [0, 0.05) is 16.6 Å². The number of fused-ring (bicyclic) bond motifs is 1. The first-order valence-electron chi connectivity index (χ1n) is 8.75. The smallest absolute Gasteiger partial charge is 0.142 e. The van der Waals surface area contributed by atoms with Crippen molar-refractivity contribution < 1.29 is 9.15 Å². The van der Waals surface area contributed by atoms with Crippen molar-refractivity contribution >= 4 is 28.1 Å². The molecule has 0 aliphatic rings. The first kappa shape index (κ1) is 16.9. The zero-order chi connectivity index (χ0) is 18.8. The molecule has 0 radical (unpaired) electrons. The van der Waals surface area contributed by atoms with Crippen LogP contribution in [-0.2, 0) is 0 Å². The van der Waals surface area contributed by atoms with Gasteiger partial charge in [0.15, 0.2) is 0 Å². The number of ether oxygens (including phenoxy) is 1. The standard InChI is InChI=1S/C21H20N4O2/c1-3-26-20-9-6-15(11-17(20)22)25-21-16-10-14(19-8-4-13(2)27-19)5-7-18(16)23-12-24-21/h4-12H,3,22H2,1-2H3,(H,23,24,25). The lowest BCUT2D eigenvalue weighted by molar-refractivity contribution is 0.342. The lowest BCUT2D eigenvalue weighted by Crippen LogP contribution is -2.00. The van der Waals surface area contributed by atoms with Gasteiger partial charge in [0.1, 0.15) is 29.4 Å². The highest BCUT2D eigenvalue weighted by atomic mass is 16.5. The van der Waals surface area contributed by atoms with E-state index in [2.05, 4.69) is 15.3 Å². The second-order valence-corrected chi connectivity index (χ2v) is 6.18. The van der Waals surface area contributed by atoms with E-state index in [1.54, 1.807) is 6.33 Å². The Morgan fingerprint density at radius 1 is 1.07 bits per heavy atom. The minimum absolute atomic E-state index is 0.572. The van der Waals surface area contributed by atoms with Crippen LogP contribution in [0.3, 0.4) is 0 Å². The molecule has 6 heteroatoms. The topological polar surface area (TPSA) is 86.2 Å². The second kappa shape index (κ2) is 6.99. The van der Waals surface area contributed by atoms with Crippen LogP contribution >= 0.6 is 0 Å². The van der Waals surface area contributed by atoms with Crippen LogP contribution in [0.25, 0.3) is 22.2 Å². The summed E-state index contributed by atoms with van der Waals surface area (Å²) in [4.78, 5) is 8.76. The number of hydrogen-bond donors (Lipinski definition) is 2. The maximum Gasteiger partial charge on any atom is 0.142 e. The summed E-state index contributed by atoms with van der Waals surface area (Å²) in [7, 11) is 0. The van der Waals surface area contributed by atoms with Crippen molar-refractivity contribution in [3.05, 3.63) is 60.6 Å². The average molecular weight is 360 g/mol. The van der Waals surface area contributed by atoms with E-state index in [4.69, 9.17) is 14.9 Å². The summed E-state index contributed by atoms with van der Waals surface area (Å²) < 4.78 is 11.2. The number of nitrogen functional groups attached to an aromatic ring is 1. The van der Waals surface area contributed by atoms with Gasteiger partial charge in [0.2, 0.25) is 0 Å². The summed E-state index contributed by atoms with van der Waals surface area (Å²) >= 11 is 0. The Balaban J connectivity index is 1.72. The van der Waals surface area contributed by atoms with Crippen LogP contribution in [-0.4, -0.2) is 16.6 Å². The fraction of sp³-hybridized carbons (Fsp3) is 0.143. The lowest BCUT2D eigenvalue weighted by Gasteiger charge is -2.12. The molecule has 136 valence electrons. The molecule has 0 aliphatic heterocycles. The monoisotopic (exact) mass is 360 g/mol. The predicted octanol–water partition coefficient (Wildman–Crippen LogP) is 4.92. The third kappa shape index (κ3) is 3.42. The van der Waals surface area contributed by atoms with Crippen molar-refractivity contribution in [3.8, 4) is 17.1 Å². The Labute approximate surface area is 157 Å². The first-order valence-corrected chi connectivity index (χ1v) is 8.75. The zero-order valence-corrected chi connectivity index (χ0v) is 15.2. The predicted molar refractivity (Wildman–Crippen MR) is 107 cm³/mol. The van der Waals surface area contributed by atoms with Gasteiger partial charge in [-0.15, -0.1) is 0 Å². The van der Waals surface area contributed by atoms with Gasteiger partial charge in [-0.1, -0.05) is 0 Å². The summed E-state index contributed by atoms with van der Waals surface area (Å²) in [5, 5.41) is 4.22. The van der Waals surface area contributed by atoms with Gasteiger partial charge in [0.25, 0.3) is 0 Å². The third-order valence-corrected chi connectivity index (χ3v) is 4.23. The van der Waals surface area contributed by atoms with Crippen LogP contribution in [0.5, 0.6) is 5.75 Å². The van der Waals surface area contributed by atoms with E-state index in [1.165, 1.54) is 0 Å². The Hall–Kier alpha value is -3.54. The van der Waals surface area contributed by atoms with Gasteiger partial charge in [-0.25, -0.2) is 9.97 Å². The van der Waals surface area contributed by atoms with Gasteiger partial charge < -0.3 is 20.2 Å². The molecule has 0 unspecified atom stereocenters. The number of aryl methyl sites for hydroxylation is 1. The fourth-order valence-corrected chi connectivity index (χ4v) is 2.95. The van der Waals surface area contributed by atoms with Crippen molar-refractivity contribution in [2.45, 2.75) is 13.8 Å². The summed E-state index contributed by atoms with van der Waals surface area (Å²) in [6.07, 6.45) is 1.54. The highest BCUT2D eigenvalue weighted by Gasteiger charge is 2.09. The molecule has 4 aromatic rings. The molecule has 0 atom stereocenters. The number of nitrogens with one attached hydrogen (secondary N) is 1. The molecule has 0 aliphatic carbocycles. The second-order valence-electron chi connectivity index (χ2n) is 6.18. The SMILES string of the molecule is CCOc1ccc(Nc2ncnc3ccc(-c4ccc(C)o4)cc23)cc1N. The van der Waals surface area contributed by atoms with Gasteiger partial charge >= 0.3 is 0 Å². The van der Waals surface area contributed by atoms with Crippen LogP contribution in [0, 0.1) is 6.92 Å². The van der Waals surface area contributed by atoms with E-state index >= 15 is 0 Å². The van der Waals surface area contributed by atoms with Crippen LogP contribution in [0.4, 0.5) is 17.2 Å². The molecule has 0 saturated carbocycles. The number of hydrogen-bond acceptors (Lipinski definition) is 6. The number of anilines is 3. The van der Waals surface area contributed by atoms with Gasteiger partial charge in [-0.05, 0) is 62.4 Å². The molecule has 0 spiro atoms. The summed E-state index contributed by atoms with van der Waals surface area (Å²) in [5.74, 6) is 3.06. The Morgan fingerprint density at radius 3 is 2.70 bits per heavy atom. The van der Waals surface area contributed by atoms with Crippen molar-refractivity contribution in [1.82, 2.24) is 9.97 Å². The average Bonchev–Trinajstić information content (AvgIpc) is 3.10. The molecule has 6 nitrogen and oxygen atoms in total. The van der Waals surface area contributed by atoms with Gasteiger partial charge in [0.05, 0.1) is 17.8 Å². The molecule has 2 heterocycles. The summed E-state index contributed by atoms with van der Waals surface area (Å²) in [5.41, 5.74) is 9.29. The highest BCUT2D eigenvalue weighted by Crippen LogP contribution is 2.31. The minimum atomic E-state index is 0.572. The summed E-state index contributed by atoms with van der Waals surface area (Å²) in [6, 6.07) is 15.5. The largest absolute Gasteiger partial charge is 0.492 e. The number of furan rings is 1. The quantitative estimate of drug-likeness (QED) is 0.491. The summed E-state index contributed by atoms with van der Waals surface area (Å²) in [6.45, 7) is 4.43. The maximum absolute atomic E-state index is 6.07. The molecule has 3 N–H and O–H groups in total. The molecule has 0 saturated heterocycles. The number of nitrogens with two attached hydrogens (primary N) is 1. The normalized spacial score (nSPS) is 10.9. The number of benzene rings is 2. The zero-order valence-electron chi connectivity index (χ0n) is 15.2. The molecule has 0 bridgehead atoms. The van der Waals surface area contributed by atoms with Crippen molar-refractivity contribution in [3.63, 3.8) is 0 Å². The van der Waals surface area contributed by atoms with E-state index in [9.17, 15) is 0 Å². The Kier molecular flexibility index (Phi) is 4.38. The fourth-order valence-electron chi connectivity index (χ4n) is 2.95. The number of nitrogens with zero attached hydrogens (tertiary/aromatic N) is 2. The van der Waals surface area contributed by atoms with E-state index < -0.39 is 0 Å². The Bertz CT molecular complexity index is 1100. The molecule has 0 fully saturated rings. The molecule has 2 aromatic carbocycles. The van der Waals surface area contributed by atoms with E-state index in [0.29, 0.717) is 23.9 Å². The van der Waals surface area contributed by atoms with Crippen molar-refractivity contribution in [1.29, 1.82) is 0 Å². The number of aromatic nitrogens is 2. The van der Waals surface area contributed by atoms with Crippen LogP contribution in [0.2, 0.25) is 0 Å². The van der Waals surface area contributed by atoms with Gasteiger partial charge in [-0.3, -0.25) is 0 Å². The minimum Gasteiger partial charge on any atom is -0.492 e. The van der Waals surface area contributed by atoms with Crippen LogP contribution < -0.4 is 15.8 Å². The van der Waals surface area contributed by atoms with Crippen molar-refractivity contribution in [2.24, 2.45) is 0 Å². The molecular formula is C21H20N4O2. The maximum atomic E-state index is 6.07. The molecular weight excluding hydrogens is 340 g/mol. The molecule has 0 amide bonds.